The molecule has 1 aromatic carbocycles. The SMILES string of the molecule is Cc1cnc(CN[C@H]2COC[C@H]2Oc2cnn(-c3ccccc3)c2)[nH]1. The second-order valence-electron chi connectivity index (χ2n) is 6.15. The van der Waals surface area contributed by atoms with Crippen LogP contribution in [0, 0.1) is 6.92 Å². The van der Waals surface area contributed by atoms with Gasteiger partial charge in [-0.25, -0.2) is 9.67 Å². The van der Waals surface area contributed by atoms with Gasteiger partial charge in [0.15, 0.2) is 5.75 Å². The van der Waals surface area contributed by atoms with Crippen LogP contribution in [0.15, 0.2) is 48.9 Å². The zero-order valence-corrected chi connectivity index (χ0v) is 14.1. The zero-order chi connectivity index (χ0) is 17.1. The zero-order valence-electron chi connectivity index (χ0n) is 14.1. The number of rotatable bonds is 6. The molecule has 3 aromatic rings. The van der Waals surface area contributed by atoms with E-state index in [4.69, 9.17) is 9.47 Å². The summed E-state index contributed by atoms with van der Waals surface area (Å²) < 4.78 is 13.5. The van der Waals surface area contributed by atoms with Crippen LogP contribution < -0.4 is 10.1 Å². The van der Waals surface area contributed by atoms with Gasteiger partial charge in [0.25, 0.3) is 0 Å². The predicted octanol–water partition coefficient (Wildman–Crippen LogP) is 1.84. The topological polar surface area (TPSA) is 77.0 Å². The van der Waals surface area contributed by atoms with E-state index in [1.165, 1.54) is 0 Å². The number of hydrogen-bond donors (Lipinski definition) is 2. The van der Waals surface area contributed by atoms with Gasteiger partial charge in [-0.05, 0) is 19.1 Å². The van der Waals surface area contributed by atoms with Crippen molar-refractivity contribution in [3.05, 3.63) is 60.4 Å². The molecule has 130 valence electrons. The van der Waals surface area contributed by atoms with Gasteiger partial charge < -0.3 is 19.8 Å². The van der Waals surface area contributed by atoms with Crippen LogP contribution in [0.5, 0.6) is 5.75 Å². The molecule has 4 rings (SSSR count). The molecule has 1 saturated heterocycles. The van der Waals surface area contributed by atoms with Crippen LogP contribution in [0.3, 0.4) is 0 Å². The monoisotopic (exact) mass is 339 g/mol. The lowest BCUT2D eigenvalue weighted by Gasteiger charge is -2.19. The molecule has 0 saturated carbocycles. The molecule has 0 amide bonds. The van der Waals surface area contributed by atoms with Crippen LogP contribution in [0.2, 0.25) is 0 Å². The van der Waals surface area contributed by atoms with E-state index >= 15 is 0 Å². The van der Waals surface area contributed by atoms with E-state index in [-0.39, 0.29) is 12.1 Å². The first-order valence-corrected chi connectivity index (χ1v) is 8.36. The Bertz CT molecular complexity index is 814. The number of aryl methyl sites for hydroxylation is 1. The standard InChI is InChI=1S/C18H21N5O2/c1-13-7-20-18(22-13)9-19-16-11-24-12-17(16)25-15-8-21-23(10-15)14-5-3-2-4-6-14/h2-8,10,16-17,19H,9,11-12H2,1H3,(H,20,22)/t16-,17+/m0/s1. The number of H-pyrrole nitrogens is 1. The van der Waals surface area contributed by atoms with Crippen LogP contribution in [0.1, 0.15) is 11.5 Å². The molecule has 1 fully saturated rings. The van der Waals surface area contributed by atoms with Gasteiger partial charge >= 0.3 is 0 Å². The molecule has 0 aliphatic carbocycles. The second kappa shape index (κ2) is 7.08. The van der Waals surface area contributed by atoms with Crippen molar-refractivity contribution in [2.24, 2.45) is 0 Å². The normalized spacial score (nSPS) is 20.0. The Balaban J connectivity index is 1.37. The fraction of sp³-hybridized carbons (Fsp3) is 0.333. The molecule has 1 aliphatic heterocycles. The number of nitrogens with zero attached hydrogens (tertiary/aromatic N) is 3. The lowest BCUT2D eigenvalue weighted by Crippen LogP contribution is -2.41. The van der Waals surface area contributed by atoms with Crippen molar-refractivity contribution in [1.29, 1.82) is 0 Å². The Labute approximate surface area is 146 Å². The van der Waals surface area contributed by atoms with Crippen molar-refractivity contribution in [3.63, 3.8) is 0 Å². The molecular weight excluding hydrogens is 318 g/mol. The first-order valence-electron chi connectivity index (χ1n) is 8.36. The number of aromatic amines is 1. The maximum Gasteiger partial charge on any atom is 0.158 e. The molecular formula is C18H21N5O2. The molecule has 1 aliphatic rings. The third-order valence-corrected chi connectivity index (χ3v) is 4.18. The summed E-state index contributed by atoms with van der Waals surface area (Å²) >= 11 is 0. The quantitative estimate of drug-likeness (QED) is 0.717. The summed E-state index contributed by atoms with van der Waals surface area (Å²) in [7, 11) is 0. The summed E-state index contributed by atoms with van der Waals surface area (Å²) in [6.07, 6.45) is 5.40. The van der Waals surface area contributed by atoms with Crippen molar-refractivity contribution < 1.29 is 9.47 Å². The molecule has 2 N–H and O–H groups in total. The number of para-hydroxylation sites is 1. The van der Waals surface area contributed by atoms with E-state index in [0.29, 0.717) is 19.8 Å². The number of hydrogen-bond acceptors (Lipinski definition) is 5. The summed E-state index contributed by atoms with van der Waals surface area (Å²) in [5.41, 5.74) is 2.06. The Hall–Kier alpha value is -2.64. The Morgan fingerprint density at radius 1 is 1.28 bits per heavy atom. The van der Waals surface area contributed by atoms with Gasteiger partial charge in [0.05, 0.1) is 43.9 Å². The highest BCUT2D eigenvalue weighted by atomic mass is 16.5. The largest absolute Gasteiger partial charge is 0.483 e. The van der Waals surface area contributed by atoms with Crippen molar-refractivity contribution in [1.82, 2.24) is 25.1 Å². The van der Waals surface area contributed by atoms with Crippen LogP contribution in [-0.4, -0.2) is 45.1 Å². The van der Waals surface area contributed by atoms with Crippen molar-refractivity contribution in [3.8, 4) is 11.4 Å². The van der Waals surface area contributed by atoms with E-state index in [0.717, 1.165) is 23.0 Å². The van der Waals surface area contributed by atoms with Crippen molar-refractivity contribution >= 4 is 0 Å². The number of aromatic nitrogens is 4. The minimum atomic E-state index is -0.0514. The molecule has 0 radical (unpaired) electrons. The molecule has 2 aromatic heterocycles. The molecule has 7 nitrogen and oxygen atoms in total. The van der Waals surface area contributed by atoms with Crippen LogP contribution in [0.25, 0.3) is 5.69 Å². The maximum absolute atomic E-state index is 6.08. The van der Waals surface area contributed by atoms with Crippen LogP contribution >= 0.6 is 0 Å². The molecule has 0 unspecified atom stereocenters. The number of benzene rings is 1. The van der Waals surface area contributed by atoms with Gasteiger partial charge in [0.2, 0.25) is 0 Å². The number of ether oxygens (including phenoxy) is 2. The number of nitrogens with one attached hydrogen (secondary N) is 2. The smallest absolute Gasteiger partial charge is 0.158 e. The highest BCUT2D eigenvalue weighted by Crippen LogP contribution is 2.18. The first kappa shape index (κ1) is 15.9. The van der Waals surface area contributed by atoms with Gasteiger partial charge in [0, 0.05) is 11.9 Å². The van der Waals surface area contributed by atoms with Crippen molar-refractivity contribution in [2.45, 2.75) is 25.6 Å². The van der Waals surface area contributed by atoms with Crippen LogP contribution in [-0.2, 0) is 11.3 Å². The van der Waals surface area contributed by atoms with E-state index in [1.54, 1.807) is 10.9 Å². The molecule has 3 heterocycles. The molecule has 25 heavy (non-hydrogen) atoms. The van der Waals surface area contributed by atoms with E-state index in [1.807, 2.05) is 49.6 Å². The maximum atomic E-state index is 6.08. The Kier molecular flexibility index (Phi) is 4.49. The van der Waals surface area contributed by atoms with Gasteiger partial charge in [-0.2, -0.15) is 5.10 Å². The van der Waals surface area contributed by atoms with Gasteiger partial charge in [0.1, 0.15) is 11.9 Å². The van der Waals surface area contributed by atoms with Gasteiger partial charge in [-0.15, -0.1) is 0 Å². The highest BCUT2D eigenvalue weighted by Gasteiger charge is 2.30. The minimum absolute atomic E-state index is 0.0514. The lowest BCUT2D eigenvalue weighted by molar-refractivity contribution is 0.139. The van der Waals surface area contributed by atoms with Gasteiger partial charge in [-0.3, -0.25) is 0 Å². The molecule has 0 spiro atoms. The van der Waals surface area contributed by atoms with Crippen molar-refractivity contribution in [2.75, 3.05) is 13.2 Å². The van der Waals surface area contributed by atoms with Gasteiger partial charge in [-0.1, -0.05) is 18.2 Å². The molecule has 7 heteroatoms. The summed E-state index contributed by atoms with van der Waals surface area (Å²) in [5, 5.41) is 7.81. The number of imidazole rings is 1. The Morgan fingerprint density at radius 3 is 2.96 bits per heavy atom. The fourth-order valence-electron chi connectivity index (χ4n) is 2.89. The molecule has 2 atom stereocenters. The minimum Gasteiger partial charge on any atom is -0.483 e. The summed E-state index contributed by atoms with van der Waals surface area (Å²) in [6.45, 7) is 3.83. The average molecular weight is 339 g/mol. The lowest BCUT2D eigenvalue weighted by atomic mass is 10.2. The highest BCUT2D eigenvalue weighted by molar-refractivity contribution is 5.32. The molecule has 0 bridgehead atoms. The van der Waals surface area contributed by atoms with Crippen LogP contribution in [0.4, 0.5) is 0 Å². The van der Waals surface area contributed by atoms with E-state index in [9.17, 15) is 0 Å². The predicted molar refractivity (Wildman–Crippen MR) is 92.8 cm³/mol. The third-order valence-electron chi connectivity index (χ3n) is 4.18. The summed E-state index contributed by atoms with van der Waals surface area (Å²) in [5.74, 6) is 1.65. The fourth-order valence-corrected chi connectivity index (χ4v) is 2.89. The van der Waals surface area contributed by atoms with E-state index in [2.05, 4.69) is 20.4 Å². The Morgan fingerprint density at radius 2 is 2.16 bits per heavy atom. The summed E-state index contributed by atoms with van der Waals surface area (Å²) in [4.78, 5) is 7.53. The third kappa shape index (κ3) is 3.72. The average Bonchev–Trinajstić information content (AvgIpc) is 3.36. The van der Waals surface area contributed by atoms with E-state index < -0.39 is 0 Å². The second-order valence-corrected chi connectivity index (χ2v) is 6.15. The first-order chi connectivity index (χ1) is 12.3. The summed E-state index contributed by atoms with van der Waals surface area (Å²) in [6, 6.07) is 10.1.